The Morgan fingerprint density at radius 1 is 0.968 bits per heavy atom. The number of carbonyl (C=O) groups excluding carboxylic acids is 2. The summed E-state index contributed by atoms with van der Waals surface area (Å²) in [5, 5.41) is 1.48. The Balaban J connectivity index is 1.32. The molecule has 164 valence electrons. The van der Waals surface area contributed by atoms with Crippen LogP contribution in [0.4, 0.5) is 5.69 Å². The monoisotopic (exact) mass is 421 g/mol. The molecule has 31 heavy (non-hydrogen) atoms. The number of rotatable bonds is 5. The van der Waals surface area contributed by atoms with Crippen molar-refractivity contribution in [2.75, 3.05) is 37.7 Å². The van der Waals surface area contributed by atoms with Crippen LogP contribution in [0.1, 0.15) is 23.4 Å². The van der Waals surface area contributed by atoms with Crippen LogP contribution in [0.2, 0.25) is 0 Å². The topological polar surface area (TPSA) is 60.8 Å². The molecule has 2 aliphatic heterocycles. The van der Waals surface area contributed by atoms with E-state index in [1.54, 1.807) is 6.08 Å². The van der Waals surface area contributed by atoms with Gasteiger partial charge in [0.25, 0.3) is 5.91 Å². The number of carbonyl (C=O) groups is 2. The van der Waals surface area contributed by atoms with E-state index in [9.17, 15) is 9.59 Å². The standard InChI is InChI=1S/C24H31N5O2/c1-18-5-4-6-21(17-18)29-23(30)10-9-22(25-29)24(31)27-14-11-26(12-15-27)13-16-28-19(2)7-8-20(28)3/h4-9,17,25H,10-16H2,1-3H3. The second-order valence-electron chi connectivity index (χ2n) is 8.40. The lowest BCUT2D eigenvalue weighted by atomic mass is 10.2. The predicted octanol–water partition coefficient (Wildman–Crippen LogP) is 2.38. The van der Waals surface area contributed by atoms with Gasteiger partial charge >= 0.3 is 0 Å². The normalized spacial score (nSPS) is 17.5. The van der Waals surface area contributed by atoms with Crippen molar-refractivity contribution in [1.82, 2.24) is 19.8 Å². The summed E-state index contributed by atoms with van der Waals surface area (Å²) in [6, 6.07) is 12.0. The van der Waals surface area contributed by atoms with Gasteiger partial charge in [-0.05, 0) is 56.7 Å². The highest BCUT2D eigenvalue weighted by molar-refractivity contribution is 6.01. The Bertz CT molecular complexity index is 982. The van der Waals surface area contributed by atoms with E-state index in [4.69, 9.17) is 0 Å². The van der Waals surface area contributed by atoms with E-state index in [1.165, 1.54) is 16.4 Å². The molecule has 0 spiro atoms. The third-order valence-electron chi connectivity index (χ3n) is 6.17. The molecule has 2 aromatic rings. The summed E-state index contributed by atoms with van der Waals surface area (Å²) in [4.78, 5) is 29.8. The van der Waals surface area contributed by atoms with Crippen LogP contribution in [0.5, 0.6) is 0 Å². The van der Waals surface area contributed by atoms with Crippen LogP contribution in [-0.4, -0.2) is 58.9 Å². The average Bonchev–Trinajstić information content (AvgIpc) is 3.10. The Kier molecular flexibility index (Phi) is 6.13. The molecule has 2 amide bonds. The van der Waals surface area contributed by atoms with Crippen LogP contribution in [0, 0.1) is 20.8 Å². The molecule has 3 heterocycles. The van der Waals surface area contributed by atoms with Crippen molar-refractivity contribution in [3.8, 4) is 0 Å². The molecule has 1 aromatic heterocycles. The number of nitrogens with zero attached hydrogens (tertiary/aromatic N) is 4. The molecular formula is C24H31N5O2. The highest BCUT2D eigenvalue weighted by Gasteiger charge is 2.29. The number of benzene rings is 1. The van der Waals surface area contributed by atoms with E-state index in [0.717, 1.165) is 37.4 Å². The quantitative estimate of drug-likeness (QED) is 0.805. The SMILES string of the molecule is Cc1cccc(N2NC(C(=O)N3CCN(CCn4c(C)ccc4C)CC3)=CCC2=O)c1. The number of hydrazine groups is 1. The van der Waals surface area contributed by atoms with E-state index in [0.29, 0.717) is 18.8 Å². The van der Waals surface area contributed by atoms with Crippen LogP contribution in [0.3, 0.4) is 0 Å². The third-order valence-corrected chi connectivity index (χ3v) is 6.17. The maximum absolute atomic E-state index is 13.1. The van der Waals surface area contributed by atoms with Crippen molar-refractivity contribution in [2.45, 2.75) is 33.7 Å². The highest BCUT2D eigenvalue weighted by atomic mass is 16.2. The molecule has 4 rings (SSSR count). The number of hydrogen-bond donors (Lipinski definition) is 1. The van der Waals surface area contributed by atoms with Crippen molar-refractivity contribution in [3.05, 3.63) is 65.1 Å². The highest BCUT2D eigenvalue weighted by Crippen LogP contribution is 2.20. The Hall–Kier alpha value is -3.06. The predicted molar refractivity (Wildman–Crippen MR) is 121 cm³/mol. The van der Waals surface area contributed by atoms with Crippen molar-refractivity contribution in [1.29, 1.82) is 0 Å². The number of piperazine rings is 1. The minimum Gasteiger partial charge on any atom is -0.348 e. The Morgan fingerprint density at radius 3 is 2.35 bits per heavy atom. The van der Waals surface area contributed by atoms with Gasteiger partial charge in [-0.3, -0.25) is 19.9 Å². The lowest BCUT2D eigenvalue weighted by Crippen LogP contribution is -2.54. The van der Waals surface area contributed by atoms with Gasteiger partial charge in [0.15, 0.2) is 0 Å². The van der Waals surface area contributed by atoms with E-state index in [1.807, 2.05) is 36.1 Å². The zero-order valence-corrected chi connectivity index (χ0v) is 18.6. The Labute approximate surface area is 183 Å². The molecule has 0 radical (unpaired) electrons. The van der Waals surface area contributed by atoms with E-state index in [2.05, 4.69) is 40.9 Å². The van der Waals surface area contributed by atoms with E-state index in [-0.39, 0.29) is 18.2 Å². The molecule has 1 saturated heterocycles. The van der Waals surface area contributed by atoms with Crippen molar-refractivity contribution >= 4 is 17.5 Å². The number of nitrogens with one attached hydrogen (secondary N) is 1. The first kappa shape index (κ1) is 21.2. The van der Waals surface area contributed by atoms with Gasteiger partial charge in [-0.2, -0.15) is 0 Å². The fourth-order valence-corrected chi connectivity index (χ4v) is 4.26. The van der Waals surface area contributed by atoms with Gasteiger partial charge in [0.05, 0.1) is 5.69 Å². The zero-order chi connectivity index (χ0) is 22.0. The maximum Gasteiger partial charge on any atom is 0.271 e. The molecule has 1 N–H and O–H groups in total. The van der Waals surface area contributed by atoms with E-state index >= 15 is 0 Å². The van der Waals surface area contributed by atoms with Gasteiger partial charge in [-0.25, -0.2) is 5.01 Å². The van der Waals surface area contributed by atoms with Crippen LogP contribution in [0.25, 0.3) is 0 Å². The first-order valence-electron chi connectivity index (χ1n) is 10.9. The maximum atomic E-state index is 13.1. The van der Waals surface area contributed by atoms with Crippen LogP contribution >= 0.6 is 0 Å². The van der Waals surface area contributed by atoms with Gasteiger partial charge in [0.1, 0.15) is 5.70 Å². The third kappa shape index (κ3) is 4.66. The first-order chi connectivity index (χ1) is 14.9. The minimum atomic E-state index is -0.0671. The average molecular weight is 422 g/mol. The molecule has 0 unspecified atom stereocenters. The summed E-state index contributed by atoms with van der Waals surface area (Å²) in [6.07, 6.45) is 1.93. The number of anilines is 1. The van der Waals surface area contributed by atoms with Crippen molar-refractivity contribution in [3.63, 3.8) is 0 Å². The van der Waals surface area contributed by atoms with E-state index < -0.39 is 0 Å². The summed E-state index contributed by atoms with van der Waals surface area (Å²) in [5.41, 5.74) is 7.92. The molecule has 7 heteroatoms. The molecule has 1 aromatic carbocycles. The van der Waals surface area contributed by atoms with Gasteiger partial charge < -0.3 is 9.47 Å². The van der Waals surface area contributed by atoms with Crippen LogP contribution < -0.4 is 10.4 Å². The number of aromatic nitrogens is 1. The van der Waals surface area contributed by atoms with Crippen LogP contribution in [0.15, 0.2) is 48.2 Å². The number of amides is 2. The molecule has 1 fully saturated rings. The van der Waals surface area contributed by atoms with Gasteiger partial charge in [0, 0.05) is 57.1 Å². The molecule has 7 nitrogen and oxygen atoms in total. The molecule has 2 aliphatic rings. The summed E-state index contributed by atoms with van der Waals surface area (Å²) >= 11 is 0. The fraction of sp³-hybridized carbons (Fsp3) is 0.417. The van der Waals surface area contributed by atoms with Crippen LogP contribution in [-0.2, 0) is 16.1 Å². The largest absolute Gasteiger partial charge is 0.348 e. The Morgan fingerprint density at radius 2 is 1.68 bits per heavy atom. The second-order valence-corrected chi connectivity index (χ2v) is 8.40. The van der Waals surface area contributed by atoms with Gasteiger partial charge in [-0.15, -0.1) is 0 Å². The zero-order valence-electron chi connectivity index (χ0n) is 18.6. The molecule has 0 bridgehead atoms. The van der Waals surface area contributed by atoms with Crippen molar-refractivity contribution in [2.24, 2.45) is 0 Å². The minimum absolute atomic E-state index is 0.0399. The lowest BCUT2D eigenvalue weighted by molar-refractivity contribution is -0.129. The second kappa shape index (κ2) is 8.98. The fourth-order valence-electron chi connectivity index (χ4n) is 4.26. The number of hydrogen-bond acceptors (Lipinski definition) is 4. The summed E-state index contributed by atoms with van der Waals surface area (Å²) in [6.45, 7) is 11.3. The summed E-state index contributed by atoms with van der Waals surface area (Å²) < 4.78 is 2.34. The smallest absolute Gasteiger partial charge is 0.271 e. The molecular weight excluding hydrogens is 390 g/mol. The van der Waals surface area contributed by atoms with Gasteiger partial charge in [0.2, 0.25) is 5.91 Å². The molecule has 0 aliphatic carbocycles. The molecule has 0 atom stereocenters. The summed E-state index contributed by atoms with van der Waals surface area (Å²) in [5.74, 6) is -0.107. The van der Waals surface area contributed by atoms with Crippen molar-refractivity contribution < 1.29 is 9.59 Å². The van der Waals surface area contributed by atoms with Gasteiger partial charge in [-0.1, -0.05) is 12.1 Å². The number of aryl methyl sites for hydroxylation is 3. The first-order valence-corrected chi connectivity index (χ1v) is 10.9. The molecule has 0 saturated carbocycles. The lowest BCUT2D eigenvalue weighted by Gasteiger charge is -2.37. The summed E-state index contributed by atoms with van der Waals surface area (Å²) in [7, 11) is 0.